The van der Waals surface area contributed by atoms with Gasteiger partial charge >= 0.3 is 12.1 Å². The van der Waals surface area contributed by atoms with Crippen molar-refractivity contribution in [2.45, 2.75) is 0 Å². The summed E-state index contributed by atoms with van der Waals surface area (Å²) < 4.78 is 8.96. The molecule has 0 bridgehead atoms. The molecule has 15 heavy (non-hydrogen) atoms. The number of carbonyl (C=O) groups is 2. The van der Waals surface area contributed by atoms with Crippen LogP contribution in [-0.2, 0) is 4.74 Å². The molecule has 7 nitrogen and oxygen atoms in total. The molecule has 2 N–H and O–H groups in total. The lowest BCUT2D eigenvalue weighted by atomic mass is 10.4. The normalized spacial score (nSPS) is 9.33. The van der Waals surface area contributed by atoms with Crippen LogP contribution in [0.1, 0.15) is 10.6 Å². The van der Waals surface area contributed by atoms with Gasteiger partial charge in [-0.1, -0.05) is 17.8 Å². The van der Waals surface area contributed by atoms with E-state index in [0.717, 1.165) is 6.07 Å². The molecule has 0 saturated heterocycles. The van der Waals surface area contributed by atoms with Gasteiger partial charge in [0.05, 0.1) is 0 Å². The van der Waals surface area contributed by atoms with E-state index in [-0.39, 0.29) is 18.2 Å². The summed E-state index contributed by atoms with van der Waals surface area (Å²) in [6.45, 7) is 3.40. The van der Waals surface area contributed by atoms with Gasteiger partial charge in [-0.25, -0.2) is 9.59 Å². The zero-order valence-corrected chi connectivity index (χ0v) is 7.60. The Bertz CT molecular complexity index is 384. The third kappa shape index (κ3) is 3.14. The number of nitrogens with zero attached hydrogens (tertiary/aromatic N) is 1. The maximum Gasteiger partial charge on any atom is 0.413 e. The zero-order chi connectivity index (χ0) is 11.3. The first-order valence-corrected chi connectivity index (χ1v) is 3.88. The number of nitrogens with one attached hydrogen (secondary N) is 1. The van der Waals surface area contributed by atoms with Gasteiger partial charge in [-0.15, -0.1) is 0 Å². The second-order valence-corrected chi connectivity index (χ2v) is 2.39. The highest BCUT2D eigenvalue weighted by molar-refractivity contribution is 5.88. The lowest BCUT2D eigenvalue weighted by molar-refractivity contribution is 0.0652. The van der Waals surface area contributed by atoms with Gasteiger partial charge in [-0.3, -0.25) is 5.32 Å². The highest BCUT2D eigenvalue weighted by atomic mass is 16.5. The molecule has 80 valence electrons. The number of hydrogen-bond donors (Lipinski definition) is 2. The van der Waals surface area contributed by atoms with E-state index in [2.05, 4.69) is 26.3 Å². The van der Waals surface area contributed by atoms with Crippen molar-refractivity contribution in [3.8, 4) is 0 Å². The van der Waals surface area contributed by atoms with Crippen molar-refractivity contribution in [1.82, 2.24) is 5.16 Å². The topological polar surface area (TPSA) is 102 Å². The van der Waals surface area contributed by atoms with Crippen LogP contribution in [0.4, 0.5) is 10.6 Å². The molecule has 0 saturated carbocycles. The van der Waals surface area contributed by atoms with Gasteiger partial charge in [0, 0.05) is 6.07 Å². The van der Waals surface area contributed by atoms with E-state index >= 15 is 0 Å². The summed E-state index contributed by atoms with van der Waals surface area (Å²) in [7, 11) is 0. The summed E-state index contributed by atoms with van der Waals surface area (Å²) in [6, 6.07) is 1.07. The molecule has 0 fully saturated rings. The molecule has 0 atom stereocenters. The van der Waals surface area contributed by atoms with E-state index in [1.807, 2.05) is 0 Å². The van der Waals surface area contributed by atoms with Crippen molar-refractivity contribution in [1.29, 1.82) is 0 Å². The molecule has 0 aliphatic carbocycles. The molecule has 1 rings (SSSR count). The van der Waals surface area contributed by atoms with Gasteiger partial charge in [-0.2, -0.15) is 0 Å². The minimum Gasteiger partial charge on any atom is -0.475 e. The van der Waals surface area contributed by atoms with E-state index in [1.165, 1.54) is 6.08 Å². The predicted octanol–water partition coefficient (Wildman–Crippen LogP) is 1.11. The Balaban J connectivity index is 2.53. The largest absolute Gasteiger partial charge is 0.475 e. The number of rotatable bonds is 4. The summed E-state index contributed by atoms with van der Waals surface area (Å²) in [5.74, 6) is -1.66. The van der Waals surface area contributed by atoms with Crippen molar-refractivity contribution in [3.05, 3.63) is 24.5 Å². The number of ether oxygens (including phenoxy) is 1. The molecule has 0 unspecified atom stereocenters. The van der Waals surface area contributed by atoms with E-state index in [0.29, 0.717) is 0 Å². The first kappa shape index (κ1) is 10.8. The van der Waals surface area contributed by atoms with Gasteiger partial charge in [-0.05, 0) is 0 Å². The van der Waals surface area contributed by atoms with Crippen LogP contribution in [0.2, 0.25) is 0 Å². The number of carboxylic acid groups (broad SMARTS) is 1. The smallest absolute Gasteiger partial charge is 0.413 e. The van der Waals surface area contributed by atoms with Gasteiger partial charge in [0.1, 0.15) is 6.61 Å². The van der Waals surface area contributed by atoms with Crippen molar-refractivity contribution in [3.63, 3.8) is 0 Å². The molecule has 1 aromatic heterocycles. The number of anilines is 1. The van der Waals surface area contributed by atoms with E-state index in [1.54, 1.807) is 0 Å². The summed E-state index contributed by atoms with van der Waals surface area (Å²) in [5.41, 5.74) is 0. The van der Waals surface area contributed by atoms with E-state index < -0.39 is 12.1 Å². The standard InChI is InChI=1S/C8H8N2O5/c1-2-3-14-8(13)9-6-4-5(7(11)12)15-10-6/h2,4H,1,3H2,(H,11,12)(H,9,10,13). The number of aromatic carboxylic acids is 1. The number of aromatic nitrogens is 1. The third-order valence-electron chi connectivity index (χ3n) is 1.28. The van der Waals surface area contributed by atoms with Crippen LogP contribution in [0.5, 0.6) is 0 Å². The summed E-state index contributed by atoms with van der Waals surface area (Å²) in [6.07, 6.45) is 0.630. The van der Waals surface area contributed by atoms with Crippen LogP contribution in [0.25, 0.3) is 0 Å². The Morgan fingerprint density at radius 2 is 2.47 bits per heavy atom. The SMILES string of the molecule is C=CCOC(=O)Nc1cc(C(=O)O)on1. The van der Waals surface area contributed by atoms with Crippen LogP contribution in [-0.4, -0.2) is 28.9 Å². The third-order valence-corrected chi connectivity index (χ3v) is 1.28. The highest BCUT2D eigenvalue weighted by Gasteiger charge is 2.12. The van der Waals surface area contributed by atoms with Crippen molar-refractivity contribution in [2.24, 2.45) is 0 Å². The molecule has 0 aliphatic heterocycles. The summed E-state index contributed by atoms with van der Waals surface area (Å²) in [5, 5.41) is 13.9. The fourth-order valence-corrected chi connectivity index (χ4v) is 0.710. The van der Waals surface area contributed by atoms with E-state index in [4.69, 9.17) is 5.11 Å². The molecular formula is C8H8N2O5. The fraction of sp³-hybridized carbons (Fsp3) is 0.125. The van der Waals surface area contributed by atoms with Crippen molar-refractivity contribution < 1.29 is 24.0 Å². The van der Waals surface area contributed by atoms with Gasteiger partial charge in [0.2, 0.25) is 5.76 Å². The molecular weight excluding hydrogens is 204 g/mol. The average molecular weight is 212 g/mol. The van der Waals surface area contributed by atoms with Gasteiger partial charge < -0.3 is 14.4 Å². The summed E-state index contributed by atoms with van der Waals surface area (Å²) >= 11 is 0. The monoisotopic (exact) mass is 212 g/mol. The maximum atomic E-state index is 10.9. The number of amides is 1. The Morgan fingerprint density at radius 1 is 1.73 bits per heavy atom. The minimum absolute atomic E-state index is 0.0264. The lowest BCUT2D eigenvalue weighted by Gasteiger charge is -1.99. The van der Waals surface area contributed by atoms with Crippen molar-refractivity contribution >= 4 is 17.9 Å². The first-order chi connectivity index (χ1) is 7.13. The van der Waals surface area contributed by atoms with Crippen LogP contribution >= 0.6 is 0 Å². The Labute approximate surface area is 84.3 Å². The Hall–Kier alpha value is -2.31. The molecule has 0 spiro atoms. The van der Waals surface area contributed by atoms with Crippen molar-refractivity contribution in [2.75, 3.05) is 11.9 Å². The number of carbonyl (C=O) groups excluding carboxylic acids is 1. The molecule has 0 radical (unpaired) electrons. The zero-order valence-electron chi connectivity index (χ0n) is 7.60. The van der Waals surface area contributed by atoms with Crippen LogP contribution in [0.15, 0.2) is 23.2 Å². The average Bonchev–Trinajstić information content (AvgIpc) is 2.63. The molecule has 0 aliphatic rings. The second-order valence-electron chi connectivity index (χ2n) is 2.39. The predicted molar refractivity (Wildman–Crippen MR) is 48.6 cm³/mol. The molecule has 1 amide bonds. The number of hydrogen-bond acceptors (Lipinski definition) is 5. The second kappa shape index (κ2) is 4.80. The first-order valence-electron chi connectivity index (χ1n) is 3.88. The highest BCUT2D eigenvalue weighted by Crippen LogP contribution is 2.08. The summed E-state index contributed by atoms with van der Waals surface area (Å²) in [4.78, 5) is 21.3. The maximum absolute atomic E-state index is 10.9. The minimum atomic E-state index is -1.27. The van der Waals surface area contributed by atoms with Crippen LogP contribution in [0, 0.1) is 0 Å². The van der Waals surface area contributed by atoms with E-state index in [9.17, 15) is 9.59 Å². The fourth-order valence-electron chi connectivity index (χ4n) is 0.710. The lowest BCUT2D eigenvalue weighted by Crippen LogP contribution is -2.13. The van der Waals surface area contributed by atoms with Crippen LogP contribution in [0.3, 0.4) is 0 Å². The van der Waals surface area contributed by atoms with Gasteiger partial charge in [0.25, 0.3) is 0 Å². The quantitative estimate of drug-likeness (QED) is 0.724. The molecule has 7 heteroatoms. The Morgan fingerprint density at radius 3 is 3.00 bits per heavy atom. The van der Waals surface area contributed by atoms with Crippen LogP contribution < -0.4 is 5.32 Å². The molecule has 0 aromatic carbocycles. The molecule has 1 aromatic rings. The molecule has 1 heterocycles. The van der Waals surface area contributed by atoms with Gasteiger partial charge in [0.15, 0.2) is 5.82 Å². The number of carboxylic acids is 1. The Kier molecular flexibility index (Phi) is 3.44.